The number of nitrogens with one attached hydrogen (secondary N) is 1. The van der Waals surface area contributed by atoms with Gasteiger partial charge < -0.3 is 5.32 Å². The molecule has 17 heavy (non-hydrogen) atoms. The van der Waals surface area contributed by atoms with E-state index in [1.165, 1.54) is 12.1 Å². The fraction of sp³-hybridized carbons (Fsp3) is 0.0833. The lowest BCUT2D eigenvalue weighted by molar-refractivity contribution is 0.627. The van der Waals surface area contributed by atoms with E-state index < -0.39 is 0 Å². The van der Waals surface area contributed by atoms with Crippen LogP contribution < -0.4 is 5.32 Å². The van der Waals surface area contributed by atoms with E-state index >= 15 is 0 Å². The lowest BCUT2D eigenvalue weighted by Gasteiger charge is -2.06. The third-order valence-electron chi connectivity index (χ3n) is 2.26. The van der Waals surface area contributed by atoms with Gasteiger partial charge in [0.25, 0.3) is 0 Å². The van der Waals surface area contributed by atoms with Gasteiger partial charge in [0, 0.05) is 33.8 Å². The van der Waals surface area contributed by atoms with Crippen LogP contribution in [0.5, 0.6) is 0 Å². The quantitative estimate of drug-likeness (QED) is 0.863. The molecule has 0 saturated heterocycles. The van der Waals surface area contributed by atoms with Crippen LogP contribution in [0.1, 0.15) is 5.56 Å². The van der Waals surface area contributed by atoms with Crippen LogP contribution in [0.3, 0.4) is 0 Å². The standard InChI is InChI=1S/C12H11FIN3/c1-2-17-8-9(7-16-17)6-15-12-4-3-10(13)5-11(12)14/h2-5,7-8,15H,1,6H2. The van der Waals surface area contributed by atoms with Crippen LogP contribution in [0.25, 0.3) is 6.20 Å². The molecular weight excluding hydrogens is 332 g/mol. The van der Waals surface area contributed by atoms with Gasteiger partial charge in [-0.1, -0.05) is 6.58 Å². The van der Waals surface area contributed by atoms with Crippen molar-refractivity contribution < 1.29 is 4.39 Å². The minimum atomic E-state index is -0.223. The van der Waals surface area contributed by atoms with Gasteiger partial charge in [-0.25, -0.2) is 9.07 Å². The average molecular weight is 343 g/mol. The molecule has 0 spiro atoms. The minimum Gasteiger partial charge on any atom is -0.380 e. The van der Waals surface area contributed by atoms with E-state index in [2.05, 4.69) is 39.6 Å². The van der Waals surface area contributed by atoms with E-state index in [1.807, 2.05) is 6.20 Å². The molecule has 1 heterocycles. The number of halogens is 2. The molecule has 0 atom stereocenters. The van der Waals surface area contributed by atoms with Crippen LogP contribution in [-0.2, 0) is 6.54 Å². The maximum absolute atomic E-state index is 12.9. The highest BCUT2D eigenvalue weighted by Gasteiger charge is 2.02. The van der Waals surface area contributed by atoms with Crippen molar-refractivity contribution in [2.75, 3.05) is 5.32 Å². The number of anilines is 1. The van der Waals surface area contributed by atoms with Gasteiger partial charge in [0.2, 0.25) is 0 Å². The Kier molecular flexibility index (Phi) is 3.78. The maximum atomic E-state index is 12.9. The van der Waals surface area contributed by atoms with Crippen molar-refractivity contribution in [2.24, 2.45) is 0 Å². The zero-order chi connectivity index (χ0) is 12.3. The van der Waals surface area contributed by atoms with Gasteiger partial charge in [0.15, 0.2) is 0 Å². The second kappa shape index (κ2) is 5.31. The zero-order valence-corrected chi connectivity index (χ0v) is 11.2. The fourth-order valence-corrected chi connectivity index (χ4v) is 2.07. The van der Waals surface area contributed by atoms with Crippen LogP contribution in [-0.4, -0.2) is 9.78 Å². The highest BCUT2D eigenvalue weighted by molar-refractivity contribution is 14.1. The molecule has 3 nitrogen and oxygen atoms in total. The first-order chi connectivity index (χ1) is 8.19. The summed E-state index contributed by atoms with van der Waals surface area (Å²) in [6.07, 6.45) is 5.28. The van der Waals surface area contributed by atoms with Crippen molar-refractivity contribution in [3.05, 3.63) is 52.1 Å². The molecule has 2 aromatic rings. The molecule has 0 aliphatic carbocycles. The fourth-order valence-electron chi connectivity index (χ4n) is 1.40. The predicted octanol–water partition coefficient (Wildman–Crippen LogP) is 3.34. The number of aromatic nitrogens is 2. The van der Waals surface area contributed by atoms with E-state index in [4.69, 9.17) is 0 Å². The van der Waals surface area contributed by atoms with Crippen molar-refractivity contribution in [2.45, 2.75) is 6.54 Å². The summed E-state index contributed by atoms with van der Waals surface area (Å²) in [5.41, 5.74) is 1.96. The number of nitrogens with zero attached hydrogens (tertiary/aromatic N) is 2. The van der Waals surface area contributed by atoms with Gasteiger partial charge in [-0.15, -0.1) is 0 Å². The van der Waals surface area contributed by atoms with Gasteiger partial charge in [-0.2, -0.15) is 5.10 Å². The summed E-state index contributed by atoms with van der Waals surface area (Å²) in [7, 11) is 0. The first-order valence-electron chi connectivity index (χ1n) is 5.03. The first-order valence-corrected chi connectivity index (χ1v) is 6.11. The monoisotopic (exact) mass is 343 g/mol. The van der Waals surface area contributed by atoms with Crippen LogP contribution in [0.2, 0.25) is 0 Å². The minimum absolute atomic E-state index is 0.223. The van der Waals surface area contributed by atoms with E-state index in [1.54, 1.807) is 23.1 Å². The Labute approximate surface area is 112 Å². The molecule has 1 aromatic carbocycles. The van der Waals surface area contributed by atoms with E-state index in [9.17, 15) is 4.39 Å². The molecule has 0 saturated carbocycles. The number of hydrogen-bond acceptors (Lipinski definition) is 2. The van der Waals surface area contributed by atoms with E-state index in [-0.39, 0.29) is 5.82 Å². The SMILES string of the molecule is C=Cn1cc(CNc2ccc(F)cc2I)cn1. The number of hydrogen-bond donors (Lipinski definition) is 1. The largest absolute Gasteiger partial charge is 0.380 e. The Morgan fingerprint density at radius 3 is 3.00 bits per heavy atom. The summed E-state index contributed by atoms with van der Waals surface area (Å²) < 4.78 is 15.4. The van der Waals surface area contributed by atoms with Crippen molar-refractivity contribution in [3.8, 4) is 0 Å². The second-order valence-corrected chi connectivity index (χ2v) is 4.65. The van der Waals surface area contributed by atoms with E-state index in [0.717, 1.165) is 14.8 Å². The molecule has 0 aliphatic rings. The zero-order valence-electron chi connectivity index (χ0n) is 9.03. The van der Waals surface area contributed by atoms with Crippen LogP contribution in [0.4, 0.5) is 10.1 Å². The molecule has 0 bridgehead atoms. The predicted molar refractivity (Wildman–Crippen MR) is 75.1 cm³/mol. The molecule has 0 amide bonds. The third kappa shape index (κ3) is 3.06. The summed E-state index contributed by atoms with van der Waals surface area (Å²) in [6, 6.07) is 4.67. The number of rotatable bonds is 4. The molecule has 0 aliphatic heterocycles. The summed E-state index contributed by atoms with van der Waals surface area (Å²) >= 11 is 2.10. The molecule has 0 fully saturated rings. The van der Waals surface area contributed by atoms with Crippen molar-refractivity contribution in [1.29, 1.82) is 0 Å². The van der Waals surface area contributed by atoms with Crippen molar-refractivity contribution in [3.63, 3.8) is 0 Å². The smallest absolute Gasteiger partial charge is 0.124 e. The highest BCUT2D eigenvalue weighted by Crippen LogP contribution is 2.19. The van der Waals surface area contributed by atoms with Crippen LogP contribution in [0.15, 0.2) is 37.2 Å². The molecule has 88 valence electrons. The van der Waals surface area contributed by atoms with Crippen molar-refractivity contribution >= 4 is 34.5 Å². The Balaban J connectivity index is 2.04. The molecule has 0 radical (unpaired) electrons. The Morgan fingerprint density at radius 2 is 2.35 bits per heavy atom. The molecule has 0 unspecified atom stereocenters. The average Bonchev–Trinajstić information content (AvgIpc) is 2.76. The maximum Gasteiger partial charge on any atom is 0.124 e. The van der Waals surface area contributed by atoms with Gasteiger partial charge in [-0.3, -0.25) is 0 Å². The van der Waals surface area contributed by atoms with Crippen LogP contribution in [0, 0.1) is 9.39 Å². The van der Waals surface area contributed by atoms with Gasteiger partial charge in [0.05, 0.1) is 6.20 Å². The Bertz CT molecular complexity index is 536. The van der Waals surface area contributed by atoms with Crippen LogP contribution >= 0.6 is 22.6 Å². The van der Waals surface area contributed by atoms with Crippen molar-refractivity contribution in [1.82, 2.24) is 9.78 Å². The van der Waals surface area contributed by atoms with Gasteiger partial charge >= 0.3 is 0 Å². The Hall–Kier alpha value is -1.37. The highest BCUT2D eigenvalue weighted by atomic mass is 127. The summed E-state index contributed by atoms with van der Waals surface area (Å²) in [5.74, 6) is -0.223. The lowest BCUT2D eigenvalue weighted by atomic mass is 10.3. The third-order valence-corrected chi connectivity index (χ3v) is 3.15. The molecule has 5 heteroatoms. The Morgan fingerprint density at radius 1 is 1.53 bits per heavy atom. The first kappa shape index (κ1) is 12.1. The van der Waals surface area contributed by atoms with E-state index in [0.29, 0.717) is 6.54 Å². The second-order valence-electron chi connectivity index (χ2n) is 3.49. The lowest BCUT2D eigenvalue weighted by Crippen LogP contribution is -2.00. The number of benzene rings is 1. The molecular formula is C12H11FIN3. The molecule has 1 aromatic heterocycles. The normalized spacial score (nSPS) is 10.2. The van der Waals surface area contributed by atoms with Gasteiger partial charge in [-0.05, 0) is 40.8 Å². The van der Waals surface area contributed by atoms with Gasteiger partial charge in [0.1, 0.15) is 5.82 Å². The summed E-state index contributed by atoms with van der Waals surface area (Å²) in [4.78, 5) is 0. The molecule has 2 rings (SSSR count). The molecule has 1 N–H and O–H groups in total. The summed E-state index contributed by atoms with van der Waals surface area (Å²) in [5, 5.41) is 7.31. The summed E-state index contributed by atoms with van der Waals surface area (Å²) in [6.45, 7) is 4.27. The topological polar surface area (TPSA) is 29.9 Å².